The molecule has 0 radical (unpaired) electrons. The summed E-state index contributed by atoms with van der Waals surface area (Å²) in [7, 11) is 0. The van der Waals surface area contributed by atoms with Crippen LogP contribution < -0.4 is 0 Å². The molecule has 2 aromatic carbocycles. The fourth-order valence-electron chi connectivity index (χ4n) is 2.84. The number of carbonyl (C=O) groups is 2. The van der Waals surface area contributed by atoms with Gasteiger partial charge in [0.15, 0.2) is 5.78 Å². The third kappa shape index (κ3) is 5.97. The fraction of sp³-hybridized carbons (Fsp3) is 0.208. The Hall–Kier alpha value is -3.55. The lowest BCUT2D eigenvalue weighted by atomic mass is 9.96. The maximum Gasteiger partial charge on any atom is 0.310 e. The smallest absolute Gasteiger partial charge is 0.310 e. The second kappa shape index (κ2) is 11.0. The summed E-state index contributed by atoms with van der Waals surface area (Å²) >= 11 is 0. The number of hydrogen-bond donors (Lipinski definition) is 4. The van der Waals surface area contributed by atoms with Crippen LogP contribution in [-0.4, -0.2) is 37.2 Å². The zero-order chi connectivity index (χ0) is 23.0. The van der Waals surface area contributed by atoms with Gasteiger partial charge in [-0.25, -0.2) is 0 Å². The number of aromatic hydroxyl groups is 1. The number of pyridine rings is 1. The lowest BCUT2D eigenvalue weighted by molar-refractivity contribution is -0.138. The minimum atomic E-state index is -0.899. The Morgan fingerprint density at radius 1 is 0.968 bits per heavy atom. The molecule has 3 aromatic rings. The van der Waals surface area contributed by atoms with Gasteiger partial charge < -0.3 is 20.4 Å². The van der Waals surface area contributed by atoms with Crippen molar-refractivity contribution in [1.29, 1.82) is 0 Å². The van der Waals surface area contributed by atoms with Crippen LogP contribution in [0.15, 0.2) is 60.8 Å². The van der Waals surface area contributed by atoms with Crippen LogP contribution in [-0.2, 0) is 18.0 Å². The van der Waals surface area contributed by atoms with Crippen molar-refractivity contribution in [3.8, 4) is 5.75 Å². The minimum Gasteiger partial charge on any atom is -0.506 e. The zero-order valence-electron chi connectivity index (χ0n) is 17.3. The van der Waals surface area contributed by atoms with E-state index in [4.69, 9.17) is 15.3 Å². The van der Waals surface area contributed by atoms with Crippen molar-refractivity contribution >= 4 is 11.8 Å². The normalized spacial score (nSPS) is 11.2. The molecule has 0 amide bonds. The van der Waals surface area contributed by atoms with Gasteiger partial charge in [0, 0.05) is 28.5 Å². The molecule has 4 N–H and O–H groups in total. The van der Waals surface area contributed by atoms with E-state index in [1.165, 1.54) is 6.20 Å². The second-order valence-corrected chi connectivity index (χ2v) is 6.89. The molecule has 1 atom stereocenters. The van der Waals surface area contributed by atoms with Crippen LogP contribution in [0, 0.1) is 6.92 Å². The number of rotatable bonds is 6. The van der Waals surface area contributed by atoms with Crippen molar-refractivity contribution in [3.05, 3.63) is 94.3 Å². The molecular weight excluding hydrogens is 398 g/mol. The number of ketones is 1. The summed E-state index contributed by atoms with van der Waals surface area (Å²) in [4.78, 5) is 27.0. The van der Waals surface area contributed by atoms with Crippen LogP contribution in [0.3, 0.4) is 0 Å². The Bertz CT molecular complexity index is 1050. The Kier molecular flexibility index (Phi) is 8.43. The highest BCUT2D eigenvalue weighted by molar-refractivity contribution is 6.09. The lowest BCUT2D eigenvalue weighted by Crippen LogP contribution is -2.09. The Morgan fingerprint density at radius 3 is 2.19 bits per heavy atom. The number of aliphatic carboxylic acids is 1. The van der Waals surface area contributed by atoms with Gasteiger partial charge in [-0.2, -0.15) is 0 Å². The van der Waals surface area contributed by atoms with Crippen molar-refractivity contribution in [2.75, 3.05) is 0 Å². The zero-order valence-corrected chi connectivity index (χ0v) is 17.3. The third-order valence-electron chi connectivity index (χ3n) is 4.81. The number of carboxylic acids is 1. The van der Waals surface area contributed by atoms with Crippen molar-refractivity contribution in [2.24, 2.45) is 0 Å². The number of hydrogen-bond acceptors (Lipinski definition) is 6. The third-order valence-corrected chi connectivity index (χ3v) is 4.81. The first-order valence-corrected chi connectivity index (χ1v) is 9.60. The number of aryl methyl sites for hydroxylation is 1. The maximum absolute atomic E-state index is 12.2. The highest BCUT2D eigenvalue weighted by Crippen LogP contribution is 2.23. The van der Waals surface area contributed by atoms with E-state index in [1.807, 2.05) is 6.07 Å². The summed E-state index contributed by atoms with van der Waals surface area (Å²) in [6.07, 6.45) is 1.45. The van der Waals surface area contributed by atoms with Crippen molar-refractivity contribution < 1.29 is 30.0 Å². The van der Waals surface area contributed by atoms with Crippen LogP contribution in [0.2, 0.25) is 0 Å². The summed E-state index contributed by atoms with van der Waals surface area (Å²) in [5.41, 5.74) is 3.01. The molecule has 0 saturated heterocycles. The van der Waals surface area contributed by atoms with Crippen LogP contribution in [0.4, 0.5) is 0 Å². The highest BCUT2D eigenvalue weighted by Gasteiger charge is 2.16. The van der Waals surface area contributed by atoms with E-state index >= 15 is 0 Å². The number of benzene rings is 2. The molecule has 0 bridgehead atoms. The van der Waals surface area contributed by atoms with E-state index in [9.17, 15) is 14.7 Å². The van der Waals surface area contributed by atoms with Gasteiger partial charge in [0.2, 0.25) is 0 Å². The summed E-state index contributed by atoms with van der Waals surface area (Å²) in [5.74, 6) is -1.66. The van der Waals surface area contributed by atoms with Gasteiger partial charge in [0.05, 0.1) is 24.8 Å². The number of aliphatic hydroxyl groups is 2. The first-order valence-electron chi connectivity index (χ1n) is 9.60. The molecule has 7 heteroatoms. The van der Waals surface area contributed by atoms with E-state index in [0.717, 1.165) is 0 Å². The molecule has 1 aromatic heterocycles. The number of aromatic nitrogens is 1. The summed E-state index contributed by atoms with van der Waals surface area (Å²) < 4.78 is 0. The van der Waals surface area contributed by atoms with Gasteiger partial charge in [-0.05, 0) is 25.5 Å². The van der Waals surface area contributed by atoms with Crippen LogP contribution in [0.25, 0.3) is 0 Å². The largest absolute Gasteiger partial charge is 0.506 e. The number of carbonyl (C=O) groups excluding carboxylic acids is 1. The van der Waals surface area contributed by atoms with Crippen molar-refractivity contribution in [1.82, 2.24) is 4.98 Å². The average Bonchev–Trinajstić information content (AvgIpc) is 2.80. The molecule has 1 unspecified atom stereocenters. The van der Waals surface area contributed by atoms with Crippen LogP contribution in [0.1, 0.15) is 51.1 Å². The van der Waals surface area contributed by atoms with Crippen molar-refractivity contribution in [3.63, 3.8) is 0 Å². The Balaban J connectivity index is 0.000000245. The summed E-state index contributed by atoms with van der Waals surface area (Å²) in [5, 5.41) is 36.0. The van der Waals surface area contributed by atoms with Crippen LogP contribution in [0.5, 0.6) is 5.75 Å². The molecular formula is C24H25NO6. The van der Waals surface area contributed by atoms with Gasteiger partial charge in [-0.15, -0.1) is 0 Å². The quantitative estimate of drug-likeness (QED) is 0.448. The molecule has 162 valence electrons. The lowest BCUT2D eigenvalue weighted by Gasteiger charge is -2.08. The first-order chi connectivity index (χ1) is 14.8. The molecule has 0 saturated carbocycles. The number of aliphatic hydroxyl groups excluding tert-OH is 2. The predicted octanol–water partition coefficient (Wildman–Crippen LogP) is 3.19. The molecule has 31 heavy (non-hydrogen) atoms. The SMILES string of the molecule is CC(C(=O)O)c1cccc(C(=O)c2ccccc2)c1.Cc1ncc(CO)c(CO)c1O. The monoisotopic (exact) mass is 423 g/mol. The van der Waals surface area contributed by atoms with E-state index in [0.29, 0.717) is 33.5 Å². The van der Waals surface area contributed by atoms with E-state index in [2.05, 4.69) is 4.98 Å². The van der Waals surface area contributed by atoms with E-state index in [-0.39, 0.29) is 24.7 Å². The first kappa shape index (κ1) is 23.7. The minimum absolute atomic E-state index is 0.0379. The number of carboxylic acid groups (broad SMARTS) is 1. The van der Waals surface area contributed by atoms with Gasteiger partial charge in [-0.3, -0.25) is 14.6 Å². The Morgan fingerprint density at radius 2 is 1.61 bits per heavy atom. The standard InChI is InChI=1S/C16H14O3.C8H11NO3/c1-11(16(18)19)13-8-5-9-14(10-13)15(17)12-6-3-2-4-7-12;1-5-8(12)7(4-11)6(3-10)2-9-5/h2-11H,1H3,(H,18,19);2,10-12H,3-4H2,1H3. The molecule has 3 rings (SSSR count). The fourth-order valence-corrected chi connectivity index (χ4v) is 2.84. The second-order valence-electron chi connectivity index (χ2n) is 6.89. The molecule has 0 aliphatic heterocycles. The van der Waals surface area contributed by atoms with E-state index < -0.39 is 11.9 Å². The van der Waals surface area contributed by atoms with Gasteiger partial charge in [0.25, 0.3) is 0 Å². The van der Waals surface area contributed by atoms with Gasteiger partial charge in [0.1, 0.15) is 5.75 Å². The predicted molar refractivity (Wildman–Crippen MR) is 115 cm³/mol. The summed E-state index contributed by atoms with van der Waals surface area (Å²) in [6, 6.07) is 15.7. The van der Waals surface area contributed by atoms with Crippen LogP contribution >= 0.6 is 0 Å². The maximum atomic E-state index is 12.2. The van der Waals surface area contributed by atoms with E-state index in [1.54, 1.807) is 62.4 Å². The Labute approximate surface area is 180 Å². The van der Waals surface area contributed by atoms with Gasteiger partial charge in [-0.1, -0.05) is 48.5 Å². The average molecular weight is 423 g/mol. The molecule has 7 nitrogen and oxygen atoms in total. The number of nitrogens with zero attached hydrogens (tertiary/aromatic N) is 1. The topological polar surface area (TPSA) is 128 Å². The molecule has 0 aliphatic rings. The van der Waals surface area contributed by atoms with Gasteiger partial charge >= 0.3 is 5.97 Å². The highest BCUT2D eigenvalue weighted by atomic mass is 16.4. The molecule has 0 fully saturated rings. The van der Waals surface area contributed by atoms with Crippen molar-refractivity contribution in [2.45, 2.75) is 33.0 Å². The molecule has 0 aliphatic carbocycles. The molecule has 1 heterocycles. The molecule has 0 spiro atoms. The summed E-state index contributed by atoms with van der Waals surface area (Å²) in [6.45, 7) is 2.73.